The summed E-state index contributed by atoms with van der Waals surface area (Å²) in [6.45, 7) is 6.80. The molecule has 0 aromatic heterocycles. The van der Waals surface area contributed by atoms with Gasteiger partial charge in [0.25, 0.3) is 0 Å². The summed E-state index contributed by atoms with van der Waals surface area (Å²) in [4.78, 5) is 0. The lowest BCUT2D eigenvalue weighted by Gasteiger charge is -2.26. The van der Waals surface area contributed by atoms with Gasteiger partial charge < -0.3 is 21.5 Å². The second-order valence-corrected chi connectivity index (χ2v) is 9.81. The molecule has 0 aliphatic rings. The van der Waals surface area contributed by atoms with E-state index in [1.54, 1.807) is 18.2 Å². The van der Waals surface area contributed by atoms with Crippen LogP contribution in [0.4, 0.5) is 0 Å². The fourth-order valence-electron chi connectivity index (χ4n) is 3.94. The molecule has 0 saturated heterocycles. The minimum Gasteiger partial charge on any atom is -0.889 e. The van der Waals surface area contributed by atoms with E-state index >= 15 is 0 Å². The first kappa shape index (κ1) is 36.3. The van der Waals surface area contributed by atoms with Gasteiger partial charge in [-0.3, -0.25) is 0 Å². The van der Waals surface area contributed by atoms with Gasteiger partial charge in [0.05, 0.1) is 13.1 Å². The van der Waals surface area contributed by atoms with Gasteiger partial charge in [-0.1, -0.05) is 154 Å². The largest absolute Gasteiger partial charge is 0.889 e. The van der Waals surface area contributed by atoms with Crippen molar-refractivity contribution in [2.24, 2.45) is 0 Å². The molecule has 0 saturated carbocycles. The Kier molecular flexibility index (Phi) is 34.3. The van der Waals surface area contributed by atoms with Gasteiger partial charge in [-0.25, -0.2) is 0 Å². The Morgan fingerprint density at radius 2 is 0.771 bits per heavy atom. The first-order chi connectivity index (χ1) is 17.1. The lowest BCUT2D eigenvalue weighted by Crippen LogP contribution is -2.54. The number of benzene rings is 1. The fraction of sp³-hybridized carbons (Fsp3) is 0.800. The second-order valence-electron chi connectivity index (χ2n) is 9.81. The molecule has 1 rings (SSSR count). The highest BCUT2D eigenvalue weighted by Gasteiger charge is 1.92. The van der Waals surface area contributed by atoms with Crippen molar-refractivity contribution in [3.63, 3.8) is 0 Å². The highest BCUT2D eigenvalue weighted by atomic mass is 16.4. The molecule has 0 heterocycles. The number of rotatable bonds is 21. The van der Waals surface area contributed by atoms with Crippen molar-refractivity contribution in [3.05, 3.63) is 30.3 Å². The standard InChI is InChI=1S/2C12H27N.C6H5BO2/c2*1-2-3-4-5-6-7-8-9-10-11-12-13;8-7(9)6-4-2-1-3-5-6/h2*2-13H2,1H3;1-5H/q;;-2/p+2. The molecule has 0 atom stereocenters. The second kappa shape index (κ2) is 33.1. The van der Waals surface area contributed by atoms with E-state index in [9.17, 15) is 10.0 Å². The molecule has 4 nitrogen and oxygen atoms in total. The summed E-state index contributed by atoms with van der Waals surface area (Å²) in [6, 6.07) is 8.19. The van der Waals surface area contributed by atoms with Crippen LogP contribution in [0, 0.1) is 0 Å². The van der Waals surface area contributed by atoms with Crippen molar-refractivity contribution in [3.8, 4) is 0 Å². The van der Waals surface area contributed by atoms with Gasteiger partial charge in [0.15, 0.2) is 0 Å². The monoisotopic (exact) mass is 492 g/mol. The molecule has 1 aromatic rings. The zero-order valence-corrected chi connectivity index (χ0v) is 23.8. The van der Waals surface area contributed by atoms with E-state index in [1.165, 1.54) is 141 Å². The summed E-state index contributed by atoms with van der Waals surface area (Å²) >= 11 is 0. The molecule has 5 heteroatoms. The average molecular weight is 493 g/mol. The Labute approximate surface area is 219 Å². The number of hydrogen-bond donors (Lipinski definition) is 2. The normalized spacial score (nSPS) is 10.2. The van der Waals surface area contributed by atoms with Gasteiger partial charge >= 0.3 is 0 Å². The maximum atomic E-state index is 10.2. The van der Waals surface area contributed by atoms with E-state index in [-0.39, 0.29) is 0 Å². The van der Waals surface area contributed by atoms with Gasteiger partial charge in [-0.2, -0.15) is 0 Å². The smallest absolute Gasteiger partial charge is 0.0739 e. The van der Waals surface area contributed by atoms with Crippen molar-refractivity contribution in [2.45, 2.75) is 142 Å². The molecule has 0 bridgehead atoms. The summed E-state index contributed by atoms with van der Waals surface area (Å²) in [5.74, 6) is 0. The lowest BCUT2D eigenvalue weighted by molar-refractivity contribution is -0.368. The molecule has 35 heavy (non-hydrogen) atoms. The molecule has 0 fully saturated rings. The Hall–Kier alpha value is -0.875. The van der Waals surface area contributed by atoms with Crippen molar-refractivity contribution in [1.82, 2.24) is 0 Å². The van der Waals surface area contributed by atoms with E-state index in [0.29, 0.717) is 5.46 Å². The van der Waals surface area contributed by atoms with Gasteiger partial charge in [0.1, 0.15) is 0 Å². The van der Waals surface area contributed by atoms with Crippen LogP contribution in [0.1, 0.15) is 142 Å². The quantitative estimate of drug-likeness (QED) is 0.196. The summed E-state index contributed by atoms with van der Waals surface area (Å²) in [6.07, 6.45) is 28.5. The first-order valence-electron chi connectivity index (χ1n) is 15.1. The zero-order chi connectivity index (χ0) is 26.2. The third-order valence-corrected chi connectivity index (χ3v) is 6.28. The van der Waals surface area contributed by atoms with Crippen LogP contribution in [0.2, 0.25) is 0 Å². The van der Waals surface area contributed by atoms with E-state index in [0.717, 1.165) is 13.1 Å². The third kappa shape index (κ3) is 33.1. The van der Waals surface area contributed by atoms with Crippen LogP contribution < -0.4 is 27.0 Å². The van der Waals surface area contributed by atoms with Crippen LogP contribution in [-0.2, 0) is 0 Å². The van der Waals surface area contributed by atoms with E-state index in [4.69, 9.17) is 0 Å². The summed E-state index contributed by atoms with van der Waals surface area (Å²) in [5, 5.41) is 20.3. The summed E-state index contributed by atoms with van der Waals surface area (Å²) in [7, 11) is -1.84. The van der Waals surface area contributed by atoms with Crippen molar-refractivity contribution >= 4 is 12.6 Å². The van der Waals surface area contributed by atoms with Crippen LogP contribution in [0.15, 0.2) is 30.3 Å². The van der Waals surface area contributed by atoms with Crippen LogP contribution in [0.3, 0.4) is 0 Å². The summed E-state index contributed by atoms with van der Waals surface area (Å²) < 4.78 is 0. The third-order valence-electron chi connectivity index (χ3n) is 6.28. The Bertz CT molecular complexity index is 433. The molecule has 0 radical (unpaired) electrons. The minimum atomic E-state index is -1.84. The molecule has 206 valence electrons. The Morgan fingerprint density at radius 1 is 0.486 bits per heavy atom. The molecule has 1 aromatic carbocycles. The van der Waals surface area contributed by atoms with Crippen molar-refractivity contribution in [2.75, 3.05) is 13.1 Å². The Morgan fingerprint density at radius 3 is 1.00 bits per heavy atom. The molecule has 0 aliphatic carbocycles. The Balaban J connectivity index is 0. The van der Waals surface area contributed by atoms with Crippen molar-refractivity contribution in [1.29, 1.82) is 0 Å². The molecule has 0 aliphatic heterocycles. The highest BCUT2D eigenvalue weighted by Crippen LogP contribution is 2.10. The highest BCUT2D eigenvalue weighted by molar-refractivity contribution is 6.55. The SMILES string of the molecule is CCCCCCCCCCCC[NH3+].CCCCCCCCCCCC[NH3+].[O-]B([O-])c1ccccc1. The molecular formula is C30H61BN2O2. The van der Waals surface area contributed by atoms with E-state index in [2.05, 4.69) is 25.3 Å². The maximum absolute atomic E-state index is 10.2. The maximum Gasteiger partial charge on any atom is 0.0739 e. The van der Waals surface area contributed by atoms with E-state index < -0.39 is 7.12 Å². The fourth-order valence-corrected chi connectivity index (χ4v) is 3.94. The number of quaternary nitrogens is 2. The average Bonchev–Trinajstić information content (AvgIpc) is 2.88. The van der Waals surface area contributed by atoms with Gasteiger partial charge in [0, 0.05) is 0 Å². The topological polar surface area (TPSA) is 101 Å². The number of unbranched alkanes of at least 4 members (excludes halogenated alkanes) is 18. The van der Waals surface area contributed by atoms with Gasteiger partial charge in [-0.15, -0.1) is 5.46 Å². The predicted octanol–water partition coefficient (Wildman–Crippen LogP) is 4.40. The van der Waals surface area contributed by atoms with Crippen LogP contribution >= 0.6 is 0 Å². The lowest BCUT2D eigenvalue weighted by atomic mass is 9.81. The molecule has 0 amide bonds. The van der Waals surface area contributed by atoms with E-state index in [1.807, 2.05) is 0 Å². The number of hydrogen-bond acceptors (Lipinski definition) is 2. The molecule has 6 N–H and O–H groups in total. The van der Waals surface area contributed by atoms with Crippen molar-refractivity contribution < 1.29 is 21.5 Å². The molecule has 0 unspecified atom stereocenters. The predicted molar refractivity (Wildman–Crippen MR) is 151 cm³/mol. The molecular weight excluding hydrogens is 431 g/mol. The van der Waals surface area contributed by atoms with Crippen LogP contribution in [0.25, 0.3) is 0 Å². The van der Waals surface area contributed by atoms with Gasteiger partial charge in [0.2, 0.25) is 0 Å². The molecule has 0 spiro atoms. The minimum absolute atomic E-state index is 0.303. The first-order valence-corrected chi connectivity index (χ1v) is 15.1. The summed E-state index contributed by atoms with van der Waals surface area (Å²) in [5.41, 5.74) is 8.01. The van der Waals surface area contributed by atoms with Crippen LogP contribution in [0.5, 0.6) is 0 Å². The van der Waals surface area contributed by atoms with Crippen LogP contribution in [-0.4, -0.2) is 20.2 Å². The van der Waals surface area contributed by atoms with Gasteiger partial charge in [-0.05, 0) is 25.7 Å². The zero-order valence-electron chi connectivity index (χ0n) is 23.8.